The summed E-state index contributed by atoms with van der Waals surface area (Å²) in [7, 11) is 0. The molecule has 7 rings (SSSR count). The van der Waals surface area contributed by atoms with E-state index in [0.717, 1.165) is 58.4 Å². The lowest BCUT2D eigenvalue weighted by Crippen LogP contribution is -2.68. The molecule has 6 N–H and O–H groups in total. The summed E-state index contributed by atoms with van der Waals surface area (Å²) in [5.41, 5.74) is -1.48. The fourth-order valence-electron chi connectivity index (χ4n) is 14.5. The third kappa shape index (κ3) is 8.17. The minimum atomic E-state index is -1.94. The van der Waals surface area contributed by atoms with Crippen LogP contribution in [-0.2, 0) is 52.3 Å². The maximum Gasteiger partial charge on any atom is 0.317 e. The van der Waals surface area contributed by atoms with Crippen molar-refractivity contribution in [1.82, 2.24) is 0 Å². The van der Waals surface area contributed by atoms with Crippen LogP contribution in [0, 0.1) is 50.2 Å². The van der Waals surface area contributed by atoms with Gasteiger partial charge in [-0.3, -0.25) is 19.2 Å². The number of ether oxygens (including phenoxy) is 7. The van der Waals surface area contributed by atoms with Crippen molar-refractivity contribution in [1.29, 1.82) is 0 Å². The summed E-state index contributed by atoms with van der Waals surface area (Å²) >= 11 is 0. The molecule has 19 atom stereocenters. The molecule has 7 aliphatic rings. The Balaban J connectivity index is 1.18. The lowest BCUT2D eigenvalue weighted by molar-refractivity contribution is -0.358. The molecule has 5 unspecified atom stereocenters. The second-order valence-corrected chi connectivity index (χ2v) is 22.5. The van der Waals surface area contributed by atoms with Crippen molar-refractivity contribution < 1.29 is 83.0 Å². The first-order valence-electron chi connectivity index (χ1n) is 23.6. The van der Waals surface area contributed by atoms with Gasteiger partial charge in [-0.15, -0.1) is 0 Å². The summed E-state index contributed by atoms with van der Waals surface area (Å²) in [6, 6.07) is 0. The molecule has 5 aliphatic carbocycles. The molecule has 0 spiro atoms. The van der Waals surface area contributed by atoms with Gasteiger partial charge in [-0.2, -0.15) is 0 Å². The highest BCUT2D eigenvalue weighted by atomic mass is 16.8. The Morgan fingerprint density at radius 1 is 0.646 bits per heavy atom. The molecule has 2 saturated heterocycles. The summed E-state index contributed by atoms with van der Waals surface area (Å²) in [5.74, 6) is -3.19. The van der Waals surface area contributed by atoms with Crippen LogP contribution in [-0.4, -0.2) is 141 Å². The van der Waals surface area contributed by atoms with Crippen LogP contribution in [0.1, 0.15) is 127 Å². The van der Waals surface area contributed by atoms with Gasteiger partial charge in [-0.05, 0) is 103 Å². The Morgan fingerprint density at radius 2 is 1.20 bits per heavy atom. The summed E-state index contributed by atoms with van der Waals surface area (Å²) in [6.07, 6.45) is -9.82. The number of esters is 4. The number of hydrogen-bond acceptors (Lipinski definition) is 17. The van der Waals surface area contributed by atoms with E-state index in [4.69, 9.17) is 33.2 Å². The molecule has 6 fully saturated rings. The average Bonchev–Trinajstić information content (AvgIpc) is 3.20. The van der Waals surface area contributed by atoms with Crippen molar-refractivity contribution in [2.45, 2.75) is 201 Å². The fraction of sp³-hybridized carbons (Fsp3) is 0.875. The first kappa shape index (κ1) is 50.1. The predicted octanol–water partition coefficient (Wildman–Crippen LogP) is 3.00. The van der Waals surface area contributed by atoms with Gasteiger partial charge >= 0.3 is 23.9 Å². The molecule has 17 heteroatoms. The second-order valence-electron chi connectivity index (χ2n) is 22.5. The highest BCUT2D eigenvalue weighted by Crippen LogP contribution is 2.76. The van der Waals surface area contributed by atoms with Crippen LogP contribution in [0.3, 0.4) is 0 Å². The first-order valence-corrected chi connectivity index (χ1v) is 23.6. The number of aliphatic hydroxyl groups is 6. The van der Waals surface area contributed by atoms with E-state index in [0.29, 0.717) is 25.2 Å². The quantitative estimate of drug-likeness (QED) is 0.110. The summed E-state index contributed by atoms with van der Waals surface area (Å²) in [5, 5.41) is 68.1. The van der Waals surface area contributed by atoms with Crippen molar-refractivity contribution >= 4 is 23.9 Å². The molecular weight excluding hydrogens is 849 g/mol. The van der Waals surface area contributed by atoms with Gasteiger partial charge < -0.3 is 63.8 Å². The van der Waals surface area contributed by atoms with Gasteiger partial charge in [0.25, 0.3) is 0 Å². The molecule has 4 saturated carbocycles. The van der Waals surface area contributed by atoms with E-state index >= 15 is 4.79 Å². The molecule has 17 nitrogen and oxygen atoms in total. The van der Waals surface area contributed by atoms with Crippen molar-refractivity contribution in [2.24, 2.45) is 50.2 Å². The van der Waals surface area contributed by atoms with E-state index in [1.54, 1.807) is 0 Å². The molecule has 0 bridgehead atoms. The molecule has 0 aromatic rings. The predicted molar refractivity (Wildman–Crippen MR) is 228 cm³/mol. The summed E-state index contributed by atoms with van der Waals surface area (Å²) in [4.78, 5) is 51.8. The van der Waals surface area contributed by atoms with E-state index in [1.165, 1.54) is 0 Å². The number of hydrogen-bond donors (Lipinski definition) is 6. The lowest BCUT2D eigenvalue weighted by Gasteiger charge is -2.71. The van der Waals surface area contributed by atoms with Crippen LogP contribution in [0.2, 0.25) is 0 Å². The SMILES string of the molecule is CC(=O)O[C@@H]1C(CO)O[C@H](O[C@H]2C(CO)O[C@H](OC(=O)[C@]34CCC(C)(C)C[C@H]3C3=CC[C@@H]5[C@@]6(C)CC[C@H](O)C(C)(C)[C@@H]6CC[C@@]5(C)[C@]3(C)CC4O)C(O)[C@@H]2OC(C)=O)C(O)[C@@H]1OC(C)=O. The number of allylic oxidation sites excluding steroid dienone is 2. The topological polar surface area (TPSA) is 254 Å². The van der Waals surface area contributed by atoms with Gasteiger partial charge in [0.05, 0.1) is 25.4 Å². The third-order valence-electron chi connectivity index (χ3n) is 18.1. The Hall–Kier alpha value is -2.74. The van der Waals surface area contributed by atoms with E-state index in [1.807, 2.05) is 0 Å². The highest BCUT2D eigenvalue weighted by Gasteiger charge is 2.72. The largest absolute Gasteiger partial charge is 0.457 e. The van der Waals surface area contributed by atoms with E-state index in [-0.39, 0.29) is 40.1 Å². The van der Waals surface area contributed by atoms with Gasteiger partial charge in [-0.25, -0.2) is 0 Å². The van der Waals surface area contributed by atoms with Gasteiger partial charge in [0, 0.05) is 20.8 Å². The van der Waals surface area contributed by atoms with Gasteiger partial charge in [0.15, 0.2) is 30.7 Å². The first-order chi connectivity index (χ1) is 30.2. The third-order valence-corrected chi connectivity index (χ3v) is 18.1. The van der Waals surface area contributed by atoms with Crippen LogP contribution < -0.4 is 0 Å². The number of rotatable bonds is 9. The summed E-state index contributed by atoms with van der Waals surface area (Å²) < 4.78 is 40.1. The number of carbonyl (C=O) groups excluding carboxylic acids is 4. The standard InChI is InChI=1S/C48H74O17/c1-23(51)59-36-28(21-49)62-40(34(56)38(36)60-24(2)52)64-37-29(22-50)63-41(35(57)39(37)61-25(3)53)65-42(58)48-18-17-43(4,5)19-27(48)26-11-12-31-45(8)15-14-32(54)44(6,7)30(45)13-16-46(31,9)47(26,10)20-33(48)55/h11,27-41,49-50,54-57H,12-22H2,1-10H3/t27-,28?,29?,30-,31+,32-,33?,34?,35?,36+,37-,38-,39-,40+,41+,45-,46+,47+,48+/m0/s1. The van der Waals surface area contributed by atoms with Crippen LogP contribution in [0.5, 0.6) is 0 Å². The zero-order valence-electron chi connectivity index (χ0n) is 39.7. The Labute approximate surface area is 381 Å². The van der Waals surface area contributed by atoms with Gasteiger partial charge in [0.2, 0.25) is 6.29 Å². The van der Waals surface area contributed by atoms with Crippen LogP contribution in [0.15, 0.2) is 11.6 Å². The number of carbonyl (C=O) groups is 4. The highest BCUT2D eigenvalue weighted by molar-refractivity contribution is 5.80. The molecule has 0 radical (unpaired) electrons. The molecular formula is C48H74O17. The molecule has 368 valence electrons. The molecule has 2 heterocycles. The van der Waals surface area contributed by atoms with Crippen molar-refractivity contribution in [3.8, 4) is 0 Å². The average molecular weight is 923 g/mol. The van der Waals surface area contributed by atoms with Gasteiger partial charge in [0.1, 0.15) is 29.8 Å². The lowest BCUT2D eigenvalue weighted by atomic mass is 9.33. The van der Waals surface area contributed by atoms with Crippen LogP contribution >= 0.6 is 0 Å². The van der Waals surface area contributed by atoms with Crippen LogP contribution in [0.25, 0.3) is 0 Å². The Morgan fingerprint density at radius 3 is 1.80 bits per heavy atom. The zero-order valence-corrected chi connectivity index (χ0v) is 39.7. The van der Waals surface area contributed by atoms with Gasteiger partial charge in [-0.1, -0.05) is 60.1 Å². The minimum Gasteiger partial charge on any atom is -0.457 e. The summed E-state index contributed by atoms with van der Waals surface area (Å²) in [6.45, 7) is 17.4. The van der Waals surface area contributed by atoms with E-state index in [9.17, 15) is 45.0 Å². The van der Waals surface area contributed by atoms with E-state index < -0.39 is 121 Å². The Kier molecular flexibility index (Phi) is 13.6. The van der Waals surface area contributed by atoms with Crippen molar-refractivity contribution in [2.75, 3.05) is 13.2 Å². The molecule has 2 aliphatic heterocycles. The van der Waals surface area contributed by atoms with Crippen molar-refractivity contribution in [3.05, 3.63) is 11.6 Å². The molecule has 0 aromatic heterocycles. The second kappa shape index (κ2) is 17.7. The van der Waals surface area contributed by atoms with Crippen LogP contribution in [0.4, 0.5) is 0 Å². The Bertz CT molecular complexity index is 1870. The molecule has 65 heavy (non-hydrogen) atoms. The zero-order chi connectivity index (χ0) is 48.0. The fourth-order valence-corrected chi connectivity index (χ4v) is 14.5. The van der Waals surface area contributed by atoms with E-state index in [2.05, 4.69) is 54.5 Å². The molecule has 0 aromatic carbocycles. The number of fused-ring (bicyclic) bond motifs is 7. The maximum atomic E-state index is 15.2. The maximum absolute atomic E-state index is 15.2. The molecule has 0 amide bonds. The monoisotopic (exact) mass is 922 g/mol. The number of aliphatic hydroxyl groups excluding tert-OH is 6. The smallest absolute Gasteiger partial charge is 0.317 e. The normalized spacial score (nSPS) is 47.6. The van der Waals surface area contributed by atoms with Crippen molar-refractivity contribution in [3.63, 3.8) is 0 Å². The minimum absolute atomic E-state index is 0.0408.